The molecular weight excluding hydrogens is 107 g/mol. The highest BCUT2D eigenvalue weighted by atomic mass is 31.0. The van der Waals surface area contributed by atoms with E-state index in [4.69, 9.17) is 5.11 Å². The second kappa shape index (κ2) is 3.40. The molecule has 0 amide bonds. The summed E-state index contributed by atoms with van der Waals surface area (Å²) in [5, 5.41) is 8.69. The van der Waals surface area contributed by atoms with Crippen molar-refractivity contribution in [3.05, 3.63) is 0 Å². The summed E-state index contributed by atoms with van der Waals surface area (Å²) in [5.74, 6) is 0.396. The molecule has 2 unspecified atom stereocenters. The lowest BCUT2D eigenvalue weighted by Gasteiger charge is -2.04. The number of aliphatic hydroxyl groups is 1. The van der Waals surface area contributed by atoms with Gasteiger partial charge >= 0.3 is 0 Å². The van der Waals surface area contributed by atoms with E-state index in [1.165, 1.54) is 0 Å². The SMILES string of the molecule is CC(C)CC(O)P. The van der Waals surface area contributed by atoms with Crippen LogP contribution in [0.15, 0.2) is 0 Å². The highest BCUT2D eigenvalue weighted by Gasteiger charge is 1.97. The predicted octanol–water partition coefficient (Wildman–Crippen LogP) is 1.23. The van der Waals surface area contributed by atoms with Gasteiger partial charge in [-0.1, -0.05) is 13.8 Å². The summed E-state index contributed by atoms with van der Waals surface area (Å²) in [6.07, 6.45) is 0.880. The minimum absolute atomic E-state index is 0.208. The molecule has 0 saturated carbocycles. The standard InChI is InChI=1S/C5H13OP/c1-4(2)3-5(6)7/h4-6H,3,7H2,1-2H3. The van der Waals surface area contributed by atoms with E-state index >= 15 is 0 Å². The fourth-order valence-corrected chi connectivity index (χ4v) is 1.03. The lowest BCUT2D eigenvalue weighted by Crippen LogP contribution is -1.99. The van der Waals surface area contributed by atoms with Gasteiger partial charge in [0.1, 0.15) is 0 Å². The van der Waals surface area contributed by atoms with E-state index in [1.807, 2.05) is 0 Å². The van der Waals surface area contributed by atoms with Crippen LogP contribution in [0.3, 0.4) is 0 Å². The van der Waals surface area contributed by atoms with Gasteiger partial charge in [0.15, 0.2) is 0 Å². The quantitative estimate of drug-likeness (QED) is 0.543. The van der Waals surface area contributed by atoms with Gasteiger partial charge < -0.3 is 5.11 Å². The predicted molar refractivity (Wildman–Crippen MR) is 35.2 cm³/mol. The third kappa shape index (κ3) is 6.39. The molecule has 1 nitrogen and oxygen atoms in total. The molecule has 0 aliphatic heterocycles. The average Bonchev–Trinajstić information content (AvgIpc) is 1.27. The molecule has 7 heavy (non-hydrogen) atoms. The zero-order chi connectivity index (χ0) is 5.86. The first-order chi connectivity index (χ1) is 3.13. The van der Waals surface area contributed by atoms with Crippen molar-refractivity contribution >= 4 is 9.24 Å². The maximum atomic E-state index is 8.69. The Kier molecular flexibility index (Phi) is 3.59. The van der Waals surface area contributed by atoms with Gasteiger partial charge in [-0.25, -0.2) is 0 Å². The van der Waals surface area contributed by atoms with E-state index in [1.54, 1.807) is 0 Å². The number of rotatable bonds is 2. The minimum Gasteiger partial charge on any atom is -0.389 e. The molecule has 0 aromatic rings. The van der Waals surface area contributed by atoms with Gasteiger partial charge in [-0.15, -0.1) is 9.24 Å². The third-order valence-corrected chi connectivity index (χ3v) is 0.985. The molecule has 2 atom stereocenters. The zero-order valence-corrected chi connectivity index (χ0v) is 6.04. The number of hydrogen-bond acceptors (Lipinski definition) is 1. The molecule has 0 bridgehead atoms. The van der Waals surface area contributed by atoms with E-state index < -0.39 is 0 Å². The van der Waals surface area contributed by atoms with Crippen LogP contribution in [0, 0.1) is 5.92 Å². The first-order valence-corrected chi connectivity index (χ1v) is 3.23. The molecule has 2 heteroatoms. The van der Waals surface area contributed by atoms with E-state index in [0.717, 1.165) is 6.42 Å². The topological polar surface area (TPSA) is 20.2 Å². The van der Waals surface area contributed by atoms with Crippen LogP contribution >= 0.6 is 9.24 Å². The minimum atomic E-state index is -0.208. The Morgan fingerprint density at radius 1 is 1.57 bits per heavy atom. The van der Waals surface area contributed by atoms with Gasteiger partial charge in [-0.3, -0.25) is 0 Å². The maximum Gasteiger partial charge on any atom is 0.0676 e. The van der Waals surface area contributed by atoms with E-state index in [0.29, 0.717) is 5.92 Å². The Morgan fingerprint density at radius 2 is 2.00 bits per heavy atom. The zero-order valence-electron chi connectivity index (χ0n) is 4.89. The molecule has 0 spiro atoms. The lowest BCUT2D eigenvalue weighted by molar-refractivity contribution is 0.233. The van der Waals surface area contributed by atoms with E-state index in [-0.39, 0.29) is 5.85 Å². The summed E-state index contributed by atoms with van der Waals surface area (Å²) in [6, 6.07) is 0. The second-order valence-corrected chi connectivity index (χ2v) is 2.97. The first kappa shape index (κ1) is 7.39. The Hall–Kier alpha value is 0.390. The molecular formula is C5H13OP. The van der Waals surface area contributed by atoms with Crippen molar-refractivity contribution in [3.63, 3.8) is 0 Å². The lowest BCUT2D eigenvalue weighted by atomic mass is 10.1. The smallest absolute Gasteiger partial charge is 0.0676 e. The molecule has 0 aliphatic carbocycles. The van der Waals surface area contributed by atoms with Gasteiger partial charge in [0.25, 0.3) is 0 Å². The summed E-state index contributed by atoms with van der Waals surface area (Å²) in [5.41, 5.74) is 0. The molecule has 0 saturated heterocycles. The fourth-order valence-electron chi connectivity index (χ4n) is 0.483. The first-order valence-electron chi connectivity index (χ1n) is 2.56. The molecule has 0 aromatic heterocycles. The van der Waals surface area contributed by atoms with Crippen molar-refractivity contribution in [1.29, 1.82) is 0 Å². The van der Waals surface area contributed by atoms with Gasteiger partial charge in [-0.2, -0.15) is 0 Å². The van der Waals surface area contributed by atoms with Crippen LogP contribution in [-0.2, 0) is 0 Å². The van der Waals surface area contributed by atoms with Crippen LogP contribution < -0.4 is 0 Å². The largest absolute Gasteiger partial charge is 0.389 e. The van der Waals surface area contributed by atoms with Gasteiger partial charge in [0.05, 0.1) is 5.85 Å². The van der Waals surface area contributed by atoms with Crippen LogP contribution in [0.25, 0.3) is 0 Å². The van der Waals surface area contributed by atoms with Crippen molar-refractivity contribution in [2.24, 2.45) is 5.92 Å². The normalized spacial score (nSPS) is 15.0. The molecule has 0 radical (unpaired) electrons. The Labute approximate surface area is 47.3 Å². The monoisotopic (exact) mass is 120 g/mol. The Balaban J connectivity index is 2.95. The maximum absolute atomic E-state index is 8.69. The number of aliphatic hydroxyl groups excluding tert-OH is 1. The molecule has 0 heterocycles. The highest BCUT2D eigenvalue weighted by molar-refractivity contribution is 7.17. The highest BCUT2D eigenvalue weighted by Crippen LogP contribution is 2.08. The van der Waals surface area contributed by atoms with Crippen molar-refractivity contribution in [1.82, 2.24) is 0 Å². The van der Waals surface area contributed by atoms with Crippen molar-refractivity contribution in [2.45, 2.75) is 26.1 Å². The van der Waals surface area contributed by atoms with Crippen LogP contribution in [-0.4, -0.2) is 11.0 Å². The van der Waals surface area contributed by atoms with Gasteiger partial charge in [0, 0.05) is 0 Å². The molecule has 44 valence electrons. The Bertz CT molecular complexity index is 37.3. The average molecular weight is 120 g/mol. The Morgan fingerprint density at radius 3 is 2.00 bits per heavy atom. The molecule has 0 aliphatic rings. The van der Waals surface area contributed by atoms with Crippen LogP contribution in [0.5, 0.6) is 0 Å². The fraction of sp³-hybridized carbons (Fsp3) is 1.00. The second-order valence-electron chi connectivity index (χ2n) is 2.20. The summed E-state index contributed by atoms with van der Waals surface area (Å²) in [7, 11) is 2.36. The third-order valence-electron chi connectivity index (χ3n) is 0.713. The van der Waals surface area contributed by atoms with E-state index in [9.17, 15) is 0 Å². The van der Waals surface area contributed by atoms with Crippen LogP contribution in [0.4, 0.5) is 0 Å². The van der Waals surface area contributed by atoms with Gasteiger partial charge in [-0.05, 0) is 12.3 Å². The van der Waals surface area contributed by atoms with Crippen molar-refractivity contribution in [2.75, 3.05) is 0 Å². The van der Waals surface area contributed by atoms with Crippen LogP contribution in [0.2, 0.25) is 0 Å². The van der Waals surface area contributed by atoms with Crippen LogP contribution in [0.1, 0.15) is 20.3 Å². The van der Waals surface area contributed by atoms with Crippen molar-refractivity contribution < 1.29 is 5.11 Å². The van der Waals surface area contributed by atoms with Crippen molar-refractivity contribution in [3.8, 4) is 0 Å². The van der Waals surface area contributed by atoms with E-state index in [2.05, 4.69) is 23.1 Å². The molecule has 0 fully saturated rings. The summed E-state index contributed by atoms with van der Waals surface area (Å²) >= 11 is 0. The summed E-state index contributed by atoms with van der Waals surface area (Å²) < 4.78 is 0. The molecule has 1 N–H and O–H groups in total. The summed E-state index contributed by atoms with van der Waals surface area (Å²) in [6.45, 7) is 4.18. The molecule has 0 rings (SSSR count). The van der Waals surface area contributed by atoms with Gasteiger partial charge in [0.2, 0.25) is 0 Å². The summed E-state index contributed by atoms with van der Waals surface area (Å²) in [4.78, 5) is 0. The number of hydrogen-bond donors (Lipinski definition) is 1. The molecule has 0 aromatic carbocycles.